The number of guanidine groups is 2. The normalized spacial score (nSPS) is 12.7. The lowest BCUT2D eigenvalue weighted by Crippen LogP contribution is -2.43. The highest BCUT2D eigenvalue weighted by molar-refractivity contribution is 5.76. The van der Waals surface area contributed by atoms with Crippen molar-refractivity contribution < 1.29 is 9.90 Å². The standard InChI is InChI=1S/C24H51N7O2/c1-2-3-4-5-8-11-16-21(32)20(15-14-19-30-24(27)28)31-22(33)17-12-9-6-7-10-13-18-29-23(25)26/h20-21,32H,2-19H2,1H3,(H,31,33)(H4,25,26,29)(H4,27,28,30). The molecular formula is C24H51N7O2. The predicted octanol–water partition coefficient (Wildman–Crippen LogP) is 2.64. The number of rotatable bonds is 22. The van der Waals surface area contributed by atoms with Crippen LogP contribution in [0.15, 0.2) is 9.98 Å². The van der Waals surface area contributed by atoms with E-state index in [9.17, 15) is 9.90 Å². The van der Waals surface area contributed by atoms with Gasteiger partial charge in [-0.25, -0.2) is 0 Å². The average Bonchev–Trinajstić information content (AvgIpc) is 2.76. The summed E-state index contributed by atoms with van der Waals surface area (Å²) in [5, 5.41) is 13.7. The van der Waals surface area contributed by atoms with E-state index in [4.69, 9.17) is 22.9 Å². The second kappa shape index (κ2) is 21.8. The van der Waals surface area contributed by atoms with Gasteiger partial charge in [-0.1, -0.05) is 71.1 Å². The quantitative estimate of drug-likeness (QED) is 0.0805. The second-order valence-electron chi connectivity index (χ2n) is 8.92. The molecule has 0 bridgehead atoms. The number of hydrogen-bond acceptors (Lipinski definition) is 4. The molecule has 0 aromatic rings. The van der Waals surface area contributed by atoms with Gasteiger partial charge in [0.2, 0.25) is 5.91 Å². The maximum Gasteiger partial charge on any atom is 0.220 e. The molecule has 0 fully saturated rings. The van der Waals surface area contributed by atoms with Gasteiger partial charge in [-0.05, 0) is 32.1 Å². The van der Waals surface area contributed by atoms with Gasteiger partial charge in [-0.15, -0.1) is 0 Å². The highest BCUT2D eigenvalue weighted by atomic mass is 16.3. The van der Waals surface area contributed by atoms with E-state index in [1.165, 1.54) is 25.7 Å². The molecule has 10 N–H and O–H groups in total. The molecule has 0 rings (SSSR count). The van der Waals surface area contributed by atoms with Crippen molar-refractivity contribution in [2.45, 2.75) is 122 Å². The molecule has 9 nitrogen and oxygen atoms in total. The van der Waals surface area contributed by atoms with Gasteiger partial charge in [0, 0.05) is 19.5 Å². The van der Waals surface area contributed by atoms with Crippen LogP contribution in [0.2, 0.25) is 0 Å². The predicted molar refractivity (Wildman–Crippen MR) is 139 cm³/mol. The Kier molecular flexibility index (Phi) is 20.5. The molecule has 2 unspecified atom stereocenters. The lowest BCUT2D eigenvalue weighted by Gasteiger charge is -2.24. The number of carbonyl (C=O) groups is 1. The maximum absolute atomic E-state index is 12.5. The molecule has 0 aromatic carbocycles. The first kappa shape index (κ1) is 31.0. The van der Waals surface area contributed by atoms with E-state index < -0.39 is 6.10 Å². The van der Waals surface area contributed by atoms with E-state index in [1.54, 1.807) is 0 Å². The zero-order chi connectivity index (χ0) is 24.7. The molecule has 0 saturated heterocycles. The smallest absolute Gasteiger partial charge is 0.220 e. The molecule has 0 aliphatic heterocycles. The van der Waals surface area contributed by atoms with E-state index in [0.717, 1.165) is 57.8 Å². The third-order valence-corrected chi connectivity index (χ3v) is 5.74. The largest absolute Gasteiger partial charge is 0.391 e. The molecule has 194 valence electrons. The summed E-state index contributed by atoms with van der Waals surface area (Å²) in [5.41, 5.74) is 21.4. The van der Waals surface area contributed by atoms with Crippen LogP contribution in [-0.4, -0.2) is 48.2 Å². The molecule has 0 aliphatic carbocycles. The van der Waals surface area contributed by atoms with Gasteiger partial charge in [0.15, 0.2) is 11.9 Å². The number of aliphatic hydroxyl groups is 1. The summed E-state index contributed by atoms with van der Waals surface area (Å²) in [7, 11) is 0. The zero-order valence-electron chi connectivity index (χ0n) is 20.9. The summed E-state index contributed by atoms with van der Waals surface area (Å²) in [6.07, 6.45) is 15.3. The first-order valence-electron chi connectivity index (χ1n) is 12.9. The van der Waals surface area contributed by atoms with Crippen molar-refractivity contribution in [2.75, 3.05) is 13.1 Å². The molecule has 0 saturated carbocycles. The Morgan fingerprint density at radius 3 is 1.85 bits per heavy atom. The van der Waals surface area contributed by atoms with Crippen LogP contribution in [0.4, 0.5) is 0 Å². The molecular weight excluding hydrogens is 418 g/mol. The lowest BCUT2D eigenvalue weighted by molar-refractivity contribution is -0.122. The van der Waals surface area contributed by atoms with Crippen LogP contribution < -0.4 is 28.3 Å². The highest BCUT2D eigenvalue weighted by Gasteiger charge is 2.20. The van der Waals surface area contributed by atoms with Crippen LogP contribution in [0.25, 0.3) is 0 Å². The third-order valence-electron chi connectivity index (χ3n) is 5.74. The first-order valence-corrected chi connectivity index (χ1v) is 12.9. The number of carbonyl (C=O) groups excluding carboxylic acids is 1. The molecule has 0 radical (unpaired) electrons. The number of hydrogen-bond donors (Lipinski definition) is 6. The number of aliphatic hydroxyl groups excluding tert-OH is 1. The van der Waals surface area contributed by atoms with Gasteiger partial charge in [-0.2, -0.15) is 0 Å². The Bertz CT molecular complexity index is 533. The summed E-state index contributed by atoms with van der Waals surface area (Å²) in [5.74, 6) is 0.226. The Hall–Kier alpha value is -2.03. The molecule has 0 spiro atoms. The van der Waals surface area contributed by atoms with Gasteiger partial charge >= 0.3 is 0 Å². The number of nitrogens with one attached hydrogen (secondary N) is 1. The van der Waals surface area contributed by atoms with E-state index in [-0.39, 0.29) is 23.9 Å². The molecule has 0 aromatic heterocycles. The SMILES string of the molecule is CCCCCCCCC(O)C(CCCN=C(N)N)NC(=O)CCCCCCCCN=C(N)N. The van der Waals surface area contributed by atoms with Crippen molar-refractivity contribution >= 4 is 17.8 Å². The van der Waals surface area contributed by atoms with Crippen molar-refractivity contribution in [3.8, 4) is 0 Å². The van der Waals surface area contributed by atoms with Crippen molar-refractivity contribution in [1.29, 1.82) is 0 Å². The Labute approximate surface area is 201 Å². The van der Waals surface area contributed by atoms with Crippen LogP contribution >= 0.6 is 0 Å². The van der Waals surface area contributed by atoms with Crippen molar-refractivity contribution in [1.82, 2.24) is 5.32 Å². The van der Waals surface area contributed by atoms with Crippen LogP contribution in [0, 0.1) is 0 Å². The van der Waals surface area contributed by atoms with Gasteiger partial charge in [-0.3, -0.25) is 14.8 Å². The van der Waals surface area contributed by atoms with Gasteiger partial charge in [0.05, 0.1) is 12.1 Å². The topological polar surface area (TPSA) is 178 Å². The third kappa shape index (κ3) is 21.6. The van der Waals surface area contributed by atoms with E-state index in [0.29, 0.717) is 32.4 Å². The van der Waals surface area contributed by atoms with Gasteiger partial charge < -0.3 is 33.4 Å². The van der Waals surface area contributed by atoms with Crippen molar-refractivity contribution in [2.24, 2.45) is 32.9 Å². The van der Waals surface area contributed by atoms with E-state index >= 15 is 0 Å². The van der Waals surface area contributed by atoms with E-state index in [2.05, 4.69) is 22.2 Å². The Morgan fingerprint density at radius 1 is 0.727 bits per heavy atom. The zero-order valence-corrected chi connectivity index (χ0v) is 20.9. The summed E-state index contributed by atoms with van der Waals surface area (Å²) in [6, 6.07) is -0.252. The monoisotopic (exact) mass is 469 g/mol. The minimum Gasteiger partial charge on any atom is -0.391 e. The Balaban J connectivity index is 4.21. The number of amides is 1. The molecule has 1 amide bonds. The number of nitrogens with zero attached hydrogens (tertiary/aromatic N) is 2. The fraction of sp³-hybridized carbons (Fsp3) is 0.875. The molecule has 2 atom stereocenters. The first-order chi connectivity index (χ1) is 15.9. The van der Waals surface area contributed by atoms with Crippen molar-refractivity contribution in [3.05, 3.63) is 0 Å². The van der Waals surface area contributed by atoms with Gasteiger partial charge in [0.1, 0.15) is 0 Å². The van der Waals surface area contributed by atoms with E-state index in [1.807, 2.05) is 0 Å². The average molecular weight is 470 g/mol. The molecule has 33 heavy (non-hydrogen) atoms. The van der Waals surface area contributed by atoms with Gasteiger partial charge in [0.25, 0.3) is 0 Å². The van der Waals surface area contributed by atoms with Crippen LogP contribution in [0.3, 0.4) is 0 Å². The lowest BCUT2D eigenvalue weighted by atomic mass is 9.98. The minimum absolute atomic E-state index is 0.0107. The van der Waals surface area contributed by atoms with Crippen LogP contribution in [0.1, 0.15) is 110 Å². The molecule has 9 heteroatoms. The summed E-state index contributed by atoms with van der Waals surface area (Å²) in [6.45, 7) is 3.38. The van der Waals surface area contributed by atoms with Crippen molar-refractivity contribution in [3.63, 3.8) is 0 Å². The summed E-state index contributed by atoms with van der Waals surface area (Å²) < 4.78 is 0. The second-order valence-corrected chi connectivity index (χ2v) is 8.92. The number of unbranched alkanes of at least 4 members (excludes halogenated alkanes) is 10. The summed E-state index contributed by atoms with van der Waals surface area (Å²) in [4.78, 5) is 20.4. The number of aliphatic imine (C=N–C) groups is 2. The number of nitrogens with two attached hydrogens (primary N) is 4. The molecule has 0 heterocycles. The molecule has 0 aliphatic rings. The minimum atomic E-state index is -0.537. The highest BCUT2D eigenvalue weighted by Crippen LogP contribution is 2.14. The van der Waals surface area contributed by atoms with Crippen LogP contribution in [0.5, 0.6) is 0 Å². The maximum atomic E-state index is 12.5. The Morgan fingerprint density at radius 2 is 1.24 bits per heavy atom. The van der Waals surface area contributed by atoms with Crippen LogP contribution in [-0.2, 0) is 4.79 Å². The fourth-order valence-electron chi connectivity index (χ4n) is 3.81. The fourth-order valence-corrected chi connectivity index (χ4v) is 3.81. The summed E-state index contributed by atoms with van der Waals surface area (Å²) >= 11 is 0.